The molecule has 0 aliphatic heterocycles. The number of pyridine rings is 1. The predicted molar refractivity (Wildman–Crippen MR) is 52.0 cm³/mol. The zero-order valence-corrected chi connectivity index (χ0v) is 7.71. The van der Waals surface area contributed by atoms with Crippen molar-refractivity contribution in [2.45, 2.75) is 5.88 Å². The van der Waals surface area contributed by atoms with Crippen molar-refractivity contribution in [2.24, 2.45) is 0 Å². The molecule has 62 valence electrons. The molecule has 0 amide bonds. The van der Waals surface area contributed by atoms with Crippen LogP contribution in [0, 0.1) is 0 Å². The summed E-state index contributed by atoms with van der Waals surface area (Å²) in [6.45, 7) is 0. The van der Waals surface area contributed by atoms with E-state index in [2.05, 4.69) is 4.98 Å². The van der Waals surface area contributed by atoms with Crippen LogP contribution < -0.4 is 5.56 Å². The molecule has 1 N–H and O–H groups in total. The summed E-state index contributed by atoms with van der Waals surface area (Å²) in [7, 11) is 0. The van der Waals surface area contributed by atoms with E-state index in [0.29, 0.717) is 5.88 Å². The van der Waals surface area contributed by atoms with Crippen molar-refractivity contribution in [3.63, 3.8) is 0 Å². The molecule has 0 fully saturated rings. The standard InChI is InChI=1S/C8H6ClNOS/c9-3-5-4-10-8(11)6-1-2-12-7(5)6/h1-2,4H,3H2,(H,10,11). The van der Waals surface area contributed by atoms with Crippen LogP contribution >= 0.6 is 22.9 Å². The monoisotopic (exact) mass is 199 g/mol. The van der Waals surface area contributed by atoms with Crippen molar-refractivity contribution in [2.75, 3.05) is 0 Å². The topological polar surface area (TPSA) is 32.9 Å². The molecule has 2 rings (SSSR count). The van der Waals surface area contributed by atoms with E-state index in [1.165, 1.54) is 0 Å². The Hall–Kier alpha value is -0.800. The molecule has 0 saturated heterocycles. The van der Waals surface area contributed by atoms with E-state index in [4.69, 9.17) is 11.6 Å². The Morgan fingerprint density at radius 3 is 3.17 bits per heavy atom. The minimum atomic E-state index is -0.0416. The van der Waals surface area contributed by atoms with Crippen LogP contribution in [0.15, 0.2) is 22.4 Å². The highest BCUT2D eigenvalue weighted by atomic mass is 35.5. The minimum absolute atomic E-state index is 0.0416. The molecule has 0 unspecified atom stereocenters. The highest BCUT2D eigenvalue weighted by Gasteiger charge is 2.03. The number of aromatic nitrogens is 1. The van der Waals surface area contributed by atoms with Gasteiger partial charge in [0.1, 0.15) is 0 Å². The van der Waals surface area contributed by atoms with Crippen molar-refractivity contribution in [3.8, 4) is 0 Å². The normalized spacial score (nSPS) is 10.8. The van der Waals surface area contributed by atoms with Gasteiger partial charge in [0.15, 0.2) is 0 Å². The molecule has 0 aliphatic rings. The van der Waals surface area contributed by atoms with E-state index in [0.717, 1.165) is 15.6 Å². The quantitative estimate of drug-likeness (QED) is 0.703. The highest BCUT2D eigenvalue weighted by molar-refractivity contribution is 7.17. The van der Waals surface area contributed by atoms with E-state index in [-0.39, 0.29) is 5.56 Å². The van der Waals surface area contributed by atoms with Gasteiger partial charge < -0.3 is 4.98 Å². The van der Waals surface area contributed by atoms with Crippen molar-refractivity contribution in [1.29, 1.82) is 0 Å². The number of thiophene rings is 1. The van der Waals surface area contributed by atoms with Gasteiger partial charge >= 0.3 is 0 Å². The highest BCUT2D eigenvalue weighted by Crippen LogP contribution is 2.21. The number of hydrogen-bond acceptors (Lipinski definition) is 2. The molecule has 0 radical (unpaired) electrons. The maximum absolute atomic E-state index is 11.2. The average molecular weight is 200 g/mol. The van der Waals surface area contributed by atoms with Gasteiger partial charge in [-0.2, -0.15) is 0 Å². The van der Waals surface area contributed by atoms with Gasteiger partial charge in [0.25, 0.3) is 5.56 Å². The second-order valence-corrected chi connectivity index (χ2v) is 3.62. The lowest BCUT2D eigenvalue weighted by molar-refractivity contribution is 1.23. The smallest absolute Gasteiger partial charge is 0.256 e. The molecule has 0 aromatic carbocycles. The third kappa shape index (κ3) is 1.06. The number of rotatable bonds is 1. The molecule has 0 aliphatic carbocycles. The van der Waals surface area contributed by atoms with Crippen molar-refractivity contribution in [1.82, 2.24) is 4.98 Å². The second kappa shape index (κ2) is 2.92. The SMILES string of the molecule is O=c1[nH]cc(CCl)c2sccc12. The van der Waals surface area contributed by atoms with Gasteiger partial charge in [0, 0.05) is 16.5 Å². The van der Waals surface area contributed by atoms with Gasteiger partial charge in [-0.1, -0.05) is 0 Å². The number of fused-ring (bicyclic) bond motifs is 1. The maximum atomic E-state index is 11.2. The molecule has 2 heterocycles. The summed E-state index contributed by atoms with van der Waals surface area (Å²) in [5, 5.41) is 2.63. The second-order valence-electron chi connectivity index (χ2n) is 2.44. The zero-order valence-electron chi connectivity index (χ0n) is 6.13. The molecular weight excluding hydrogens is 194 g/mol. The first kappa shape index (κ1) is 7.83. The molecule has 12 heavy (non-hydrogen) atoms. The summed E-state index contributed by atoms with van der Waals surface area (Å²) < 4.78 is 0.994. The summed E-state index contributed by atoms with van der Waals surface area (Å²) in [6.07, 6.45) is 1.67. The van der Waals surface area contributed by atoms with Crippen molar-refractivity contribution in [3.05, 3.63) is 33.6 Å². The van der Waals surface area contributed by atoms with Crippen molar-refractivity contribution < 1.29 is 0 Å². The van der Waals surface area contributed by atoms with Crippen LogP contribution in [0.2, 0.25) is 0 Å². The fourth-order valence-electron chi connectivity index (χ4n) is 1.13. The van der Waals surface area contributed by atoms with Crippen LogP contribution in [0.3, 0.4) is 0 Å². The van der Waals surface area contributed by atoms with Crippen LogP contribution in [-0.4, -0.2) is 4.98 Å². The molecule has 2 nitrogen and oxygen atoms in total. The first-order valence-electron chi connectivity index (χ1n) is 3.46. The molecule has 2 aromatic rings. The Morgan fingerprint density at radius 1 is 1.58 bits per heavy atom. The maximum Gasteiger partial charge on any atom is 0.256 e. The summed E-state index contributed by atoms with van der Waals surface area (Å²) in [6, 6.07) is 1.81. The lowest BCUT2D eigenvalue weighted by atomic mass is 10.2. The van der Waals surface area contributed by atoms with Gasteiger partial charge in [-0.3, -0.25) is 4.79 Å². The van der Waals surface area contributed by atoms with Gasteiger partial charge in [0.05, 0.1) is 11.3 Å². The first-order chi connectivity index (χ1) is 5.83. The van der Waals surface area contributed by atoms with E-state index in [9.17, 15) is 4.79 Å². The van der Waals surface area contributed by atoms with Gasteiger partial charge in [-0.25, -0.2) is 0 Å². The predicted octanol–water partition coefficient (Wildman–Crippen LogP) is 2.33. The average Bonchev–Trinajstić information content (AvgIpc) is 2.54. The molecule has 2 aromatic heterocycles. The van der Waals surface area contributed by atoms with Crippen LogP contribution in [0.1, 0.15) is 5.56 Å². The molecule has 0 saturated carbocycles. The molecule has 0 bridgehead atoms. The summed E-state index contributed by atoms with van der Waals surface area (Å²) in [5.41, 5.74) is 0.946. The number of H-pyrrole nitrogens is 1. The van der Waals surface area contributed by atoms with Crippen LogP contribution in [0.25, 0.3) is 10.1 Å². The van der Waals surface area contributed by atoms with E-state index in [1.54, 1.807) is 17.5 Å². The van der Waals surface area contributed by atoms with Gasteiger partial charge in [0.2, 0.25) is 0 Å². The van der Waals surface area contributed by atoms with E-state index >= 15 is 0 Å². The number of alkyl halides is 1. The fraction of sp³-hybridized carbons (Fsp3) is 0.125. The molecule has 0 spiro atoms. The molecule has 4 heteroatoms. The third-order valence-corrected chi connectivity index (χ3v) is 3.00. The van der Waals surface area contributed by atoms with E-state index < -0.39 is 0 Å². The minimum Gasteiger partial charge on any atom is -0.328 e. The van der Waals surface area contributed by atoms with Crippen LogP contribution in [0.5, 0.6) is 0 Å². The number of halogens is 1. The Balaban J connectivity index is 2.92. The van der Waals surface area contributed by atoms with Gasteiger partial charge in [-0.05, 0) is 11.4 Å². The Labute approximate surface area is 77.8 Å². The molecular formula is C8H6ClNOS. The lowest BCUT2D eigenvalue weighted by Crippen LogP contribution is -2.04. The number of nitrogens with one attached hydrogen (secondary N) is 1. The van der Waals surface area contributed by atoms with Crippen LogP contribution in [0.4, 0.5) is 0 Å². The lowest BCUT2D eigenvalue weighted by Gasteiger charge is -1.95. The van der Waals surface area contributed by atoms with Crippen molar-refractivity contribution >= 4 is 33.0 Å². The Morgan fingerprint density at radius 2 is 2.42 bits per heavy atom. The fourth-order valence-corrected chi connectivity index (χ4v) is 2.33. The Bertz CT molecular complexity index is 459. The van der Waals surface area contributed by atoms with Gasteiger partial charge in [-0.15, -0.1) is 22.9 Å². The van der Waals surface area contributed by atoms with E-state index in [1.807, 2.05) is 11.4 Å². The number of aromatic amines is 1. The first-order valence-corrected chi connectivity index (χ1v) is 4.88. The largest absolute Gasteiger partial charge is 0.328 e. The summed E-state index contributed by atoms with van der Waals surface area (Å²) >= 11 is 7.25. The Kier molecular flexibility index (Phi) is 1.90. The summed E-state index contributed by atoms with van der Waals surface area (Å²) in [4.78, 5) is 13.9. The summed E-state index contributed by atoms with van der Waals surface area (Å²) in [5.74, 6) is 0.438. The molecule has 0 atom stereocenters. The third-order valence-electron chi connectivity index (χ3n) is 1.72. The number of hydrogen-bond donors (Lipinski definition) is 1. The van der Waals surface area contributed by atoms with Crippen LogP contribution in [-0.2, 0) is 5.88 Å². The zero-order chi connectivity index (χ0) is 8.55.